The van der Waals surface area contributed by atoms with Gasteiger partial charge in [-0.2, -0.15) is 0 Å². The van der Waals surface area contributed by atoms with Crippen molar-refractivity contribution in [3.63, 3.8) is 0 Å². The third-order valence-corrected chi connectivity index (χ3v) is 8.84. The number of aromatic nitrogens is 2. The average Bonchev–Trinajstić information content (AvgIpc) is 3.49. The number of fused-ring (bicyclic) bond motifs is 1. The molecular formula is C31H35ClN6O. The van der Waals surface area contributed by atoms with Gasteiger partial charge in [-0.25, -0.2) is 14.8 Å². The minimum atomic E-state index is -0.302. The zero-order valence-corrected chi connectivity index (χ0v) is 23.4. The maximum Gasteiger partial charge on any atom is 0.225 e. The summed E-state index contributed by atoms with van der Waals surface area (Å²) in [5, 5.41) is 3.97. The quantitative estimate of drug-likeness (QED) is 0.396. The maximum absolute atomic E-state index is 7.35. The predicted molar refractivity (Wildman–Crippen MR) is 155 cm³/mol. The lowest BCUT2D eigenvalue weighted by atomic mass is 9.78. The van der Waals surface area contributed by atoms with Crippen molar-refractivity contribution in [2.75, 3.05) is 50.7 Å². The molecule has 2 unspecified atom stereocenters. The van der Waals surface area contributed by atoms with Gasteiger partial charge in [0.1, 0.15) is 12.4 Å². The lowest BCUT2D eigenvalue weighted by molar-refractivity contribution is 0.215. The molecule has 0 bridgehead atoms. The van der Waals surface area contributed by atoms with Crippen molar-refractivity contribution >= 4 is 23.2 Å². The Morgan fingerprint density at radius 3 is 2.44 bits per heavy atom. The summed E-state index contributed by atoms with van der Waals surface area (Å²) in [4.78, 5) is 18.0. The Hall–Kier alpha value is -3.18. The molecule has 4 heterocycles. The van der Waals surface area contributed by atoms with Gasteiger partial charge < -0.3 is 19.9 Å². The predicted octanol–water partition coefficient (Wildman–Crippen LogP) is 5.17. The van der Waals surface area contributed by atoms with Crippen LogP contribution >= 0.6 is 11.6 Å². The molecule has 2 aromatic carbocycles. The fourth-order valence-electron chi connectivity index (χ4n) is 6.15. The SMILES string of the molecule is [C-]#[N+]c1cc(Cl)cc(C(C)(C)c2ccc(OCc3ccnc(N4CC5CN(CC6CNC6)CC5C4)n3)cc2)c1. The van der Waals surface area contributed by atoms with Crippen LogP contribution in [0.15, 0.2) is 54.7 Å². The molecule has 202 valence electrons. The van der Waals surface area contributed by atoms with E-state index >= 15 is 0 Å². The molecule has 3 aliphatic heterocycles. The Morgan fingerprint density at radius 2 is 1.77 bits per heavy atom. The van der Waals surface area contributed by atoms with Gasteiger partial charge in [-0.05, 0) is 59.2 Å². The van der Waals surface area contributed by atoms with Crippen molar-refractivity contribution in [3.05, 3.63) is 88.0 Å². The highest BCUT2D eigenvalue weighted by Gasteiger charge is 2.41. The molecule has 39 heavy (non-hydrogen) atoms. The summed E-state index contributed by atoms with van der Waals surface area (Å²) in [5.41, 5.74) is 3.27. The number of nitrogens with zero attached hydrogens (tertiary/aromatic N) is 5. The fraction of sp³-hybridized carbons (Fsp3) is 0.452. The van der Waals surface area contributed by atoms with E-state index in [4.69, 9.17) is 27.9 Å². The van der Waals surface area contributed by atoms with Crippen LogP contribution in [-0.2, 0) is 12.0 Å². The van der Waals surface area contributed by atoms with Crippen LogP contribution in [0.3, 0.4) is 0 Å². The van der Waals surface area contributed by atoms with Gasteiger partial charge in [-0.15, -0.1) is 0 Å². The summed E-state index contributed by atoms with van der Waals surface area (Å²) in [6.45, 7) is 20.1. The van der Waals surface area contributed by atoms with Crippen LogP contribution in [0.5, 0.6) is 5.75 Å². The van der Waals surface area contributed by atoms with Gasteiger partial charge in [-0.3, -0.25) is 0 Å². The topological polar surface area (TPSA) is 57.9 Å². The standard InChI is InChI=1S/C31H35ClN6O/c1-31(2,25-10-26(32)12-28(11-25)33-3)24-4-6-29(7-5-24)39-20-27-8-9-35-30(36-27)38-18-22-16-37(17-23(22)19-38)15-21-13-34-14-21/h4-12,21-23,34H,13-20H2,1-2H3. The Labute approximate surface area is 236 Å². The van der Waals surface area contributed by atoms with Crippen LogP contribution in [-0.4, -0.2) is 60.7 Å². The normalized spacial score (nSPS) is 21.4. The van der Waals surface area contributed by atoms with Crippen LogP contribution in [0.1, 0.15) is 30.7 Å². The zero-order valence-electron chi connectivity index (χ0n) is 22.6. The molecule has 3 aliphatic rings. The molecule has 7 nitrogen and oxygen atoms in total. The van der Waals surface area contributed by atoms with Crippen molar-refractivity contribution in [1.82, 2.24) is 20.2 Å². The van der Waals surface area contributed by atoms with Crippen molar-refractivity contribution in [3.8, 4) is 5.75 Å². The Kier molecular flexibility index (Phi) is 7.20. The number of halogens is 1. The van der Waals surface area contributed by atoms with E-state index in [1.807, 2.05) is 36.5 Å². The first kappa shape index (κ1) is 26.1. The number of hydrogen-bond donors (Lipinski definition) is 1. The van der Waals surface area contributed by atoms with Gasteiger partial charge >= 0.3 is 0 Å². The molecule has 3 aromatic rings. The number of rotatable bonds is 8. The zero-order chi connectivity index (χ0) is 27.0. The van der Waals surface area contributed by atoms with Crippen LogP contribution in [0.4, 0.5) is 11.6 Å². The molecule has 3 fully saturated rings. The van der Waals surface area contributed by atoms with Crippen LogP contribution in [0, 0.1) is 24.3 Å². The first-order valence-electron chi connectivity index (χ1n) is 13.8. The summed E-state index contributed by atoms with van der Waals surface area (Å²) in [7, 11) is 0. The smallest absolute Gasteiger partial charge is 0.225 e. The Balaban J connectivity index is 1.05. The van der Waals surface area contributed by atoms with Crippen LogP contribution < -0.4 is 15.0 Å². The summed E-state index contributed by atoms with van der Waals surface area (Å²) in [6, 6.07) is 15.6. The molecule has 1 N–H and O–H groups in total. The van der Waals surface area contributed by atoms with Gasteiger partial charge in [0, 0.05) is 62.4 Å². The summed E-state index contributed by atoms with van der Waals surface area (Å²) in [6.07, 6.45) is 1.85. The molecule has 6 rings (SSSR count). The number of hydrogen-bond acceptors (Lipinski definition) is 6. The highest BCUT2D eigenvalue weighted by Crippen LogP contribution is 2.36. The van der Waals surface area contributed by atoms with Crippen LogP contribution in [0.25, 0.3) is 4.85 Å². The molecule has 0 saturated carbocycles. The minimum Gasteiger partial charge on any atom is -0.487 e. The lowest BCUT2D eigenvalue weighted by Crippen LogP contribution is -2.48. The second-order valence-corrected chi connectivity index (χ2v) is 12.2. The van der Waals surface area contributed by atoms with E-state index < -0.39 is 0 Å². The first-order valence-corrected chi connectivity index (χ1v) is 14.2. The summed E-state index contributed by atoms with van der Waals surface area (Å²) in [5.74, 6) is 3.87. The molecule has 0 amide bonds. The van der Waals surface area contributed by atoms with E-state index in [0.29, 0.717) is 29.2 Å². The number of likely N-dealkylation sites (tertiary alicyclic amines) is 1. The van der Waals surface area contributed by atoms with E-state index in [9.17, 15) is 0 Å². The summed E-state index contributed by atoms with van der Waals surface area (Å²) < 4.78 is 6.10. The molecule has 2 atom stereocenters. The second kappa shape index (κ2) is 10.8. The maximum atomic E-state index is 7.35. The van der Waals surface area contributed by atoms with Gasteiger partial charge in [0.15, 0.2) is 5.69 Å². The van der Waals surface area contributed by atoms with E-state index in [1.54, 1.807) is 6.07 Å². The third kappa shape index (κ3) is 5.60. The van der Waals surface area contributed by atoms with E-state index in [2.05, 4.69) is 50.9 Å². The van der Waals surface area contributed by atoms with E-state index in [1.165, 1.54) is 32.7 Å². The number of nitrogens with one attached hydrogen (secondary N) is 1. The van der Waals surface area contributed by atoms with Crippen molar-refractivity contribution in [2.24, 2.45) is 17.8 Å². The van der Waals surface area contributed by atoms with Gasteiger partial charge in [0.25, 0.3) is 0 Å². The van der Waals surface area contributed by atoms with Crippen molar-refractivity contribution in [1.29, 1.82) is 0 Å². The van der Waals surface area contributed by atoms with Crippen molar-refractivity contribution in [2.45, 2.75) is 25.9 Å². The largest absolute Gasteiger partial charge is 0.487 e. The number of benzene rings is 2. The number of ether oxygens (including phenoxy) is 1. The highest BCUT2D eigenvalue weighted by molar-refractivity contribution is 6.31. The lowest BCUT2D eigenvalue weighted by Gasteiger charge is -2.32. The highest BCUT2D eigenvalue weighted by atomic mass is 35.5. The van der Waals surface area contributed by atoms with Crippen molar-refractivity contribution < 1.29 is 4.74 Å². The molecule has 0 spiro atoms. The molecular weight excluding hydrogens is 508 g/mol. The Morgan fingerprint density at radius 1 is 1.03 bits per heavy atom. The second-order valence-electron chi connectivity index (χ2n) is 11.8. The number of anilines is 1. The summed E-state index contributed by atoms with van der Waals surface area (Å²) >= 11 is 6.27. The molecule has 0 radical (unpaired) electrons. The third-order valence-electron chi connectivity index (χ3n) is 8.62. The molecule has 8 heteroatoms. The van der Waals surface area contributed by atoms with Gasteiger partial charge in [0.2, 0.25) is 5.95 Å². The van der Waals surface area contributed by atoms with Gasteiger partial charge in [-0.1, -0.05) is 43.6 Å². The first-order chi connectivity index (χ1) is 18.9. The van der Waals surface area contributed by atoms with E-state index in [0.717, 1.165) is 47.5 Å². The Bertz CT molecular complexity index is 1350. The minimum absolute atomic E-state index is 0.302. The average molecular weight is 543 g/mol. The van der Waals surface area contributed by atoms with Gasteiger partial charge in [0.05, 0.1) is 12.3 Å². The fourth-order valence-corrected chi connectivity index (χ4v) is 6.38. The molecule has 0 aliphatic carbocycles. The van der Waals surface area contributed by atoms with E-state index in [-0.39, 0.29) is 5.41 Å². The monoisotopic (exact) mass is 542 g/mol. The molecule has 3 saturated heterocycles. The molecule has 1 aromatic heterocycles. The van der Waals surface area contributed by atoms with Crippen LogP contribution in [0.2, 0.25) is 5.02 Å².